The summed E-state index contributed by atoms with van der Waals surface area (Å²) >= 11 is 5.91. The summed E-state index contributed by atoms with van der Waals surface area (Å²) in [5.41, 5.74) is 4.20. The van der Waals surface area contributed by atoms with Gasteiger partial charge in [-0.2, -0.15) is 10.4 Å². The van der Waals surface area contributed by atoms with Crippen molar-refractivity contribution in [2.45, 2.75) is 26.9 Å². The molecule has 168 valence electrons. The maximum Gasteiger partial charge on any atom is 0.196 e. The molecule has 1 atom stereocenters. The number of benzene rings is 2. The van der Waals surface area contributed by atoms with Gasteiger partial charge in [0, 0.05) is 22.1 Å². The molecule has 3 aromatic heterocycles. The molecule has 3 heterocycles. The van der Waals surface area contributed by atoms with Crippen LogP contribution < -0.4 is 10.2 Å². The van der Waals surface area contributed by atoms with Crippen LogP contribution in [0.1, 0.15) is 35.4 Å². The Morgan fingerprint density at radius 3 is 2.79 bits per heavy atom. The second-order valence-corrected chi connectivity index (χ2v) is 8.53. The first-order chi connectivity index (χ1) is 16.4. The van der Waals surface area contributed by atoms with Crippen molar-refractivity contribution in [2.24, 2.45) is 0 Å². The minimum atomic E-state index is -0.535. The maximum atomic E-state index is 13.4. The van der Waals surface area contributed by atoms with Gasteiger partial charge in [0.05, 0.1) is 17.1 Å². The molecule has 5 aromatic rings. The van der Waals surface area contributed by atoms with E-state index in [2.05, 4.69) is 15.2 Å². The Morgan fingerprint density at radius 1 is 1.18 bits per heavy atom. The van der Waals surface area contributed by atoms with Gasteiger partial charge < -0.3 is 9.15 Å². The van der Waals surface area contributed by atoms with E-state index in [9.17, 15) is 10.1 Å². The fourth-order valence-corrected chi connectivity index (χ4v) is 4.23. The summed E-state index contributed by atoms with van der Waals surface area (Å²) in [4.78, 5) is 17.4. The molecule has 2 aromatic carbocycles. The normalized spacial score (nSPS) is 12.1. The number of hydrogen-bond acceptors (Lipinski definition) is 6. The van der Waals surface area contributed by atoms with Crippen molar-refractivity contribution in [3.8, 4) is 23.1 Å². The molecule has 0 saturated heterocycles. The highest BCUT2D eigenvalue weighted by molar-refractivity contribution is 6.29. The minimum absolute atomic E-state index is 0.0858. The molecule has 0 aliphatic rings. The average Bonchev–Trinajstić information content (AvgIpc) is 3.30. The van der Waals surface area contributed by atoms with Gasteiger partial charge in [-0.15, -0.1) is 0 Å². The Morgan fingerprint density at radius 2 is 2.00 bits per heavy atom. The molecule has 8 heteroatoms. The Kier molecular flexibility index (Phi) is 5.31. The van der Waals surface area contributed by atoms with Crippen LogP contribution in [-0.2, 0) is 0 Å². The molecular weight excluding hydrogens is 452 g/mol. The highest BCUT2D eigenvalue weighted by Gasteiger charge is 2.21. The number of pyridine rings is 1. The van der Waals surface area contributed by atoms with E-state index in [0.29, 0.717) is 33.6 Å². The van der Waals surface area contributed by atoms with Crippen LogP contribution in [0.5, 0.6) is 5.75 Å². The number of halogens is 1. The molecule has 0 amide bonds. The fraction of sp³-hybridized carbons (Fsp3) is 0.154. The third kappa shape index (κ3) is 3.68. The molecule has 0 unspecified atom stereocenters. The van der Waals surface area contributed by atoms with Gasteiger partial charge in [0.25, 0.3) is 0 Å². The number of rotatable bonds is 4. The first-order valence-electron chi connectivity index (χ1n) is 10.6. The van der Waals surface area contributed by atoms with Crippen LogP contribution in [0.3, 0.4) is 0 Å². The van der Waals surface area contributed by atoms with Crippen molar-refractivity contribution in [2.75, 3.05) is 0 Å². The Bertz CT molecular complexity index is 1680. The SMILES string of the molecule is Cc1cc([C@@H](C)Oc2ccc(Cl)nc2C#N)c2oc(-c3ccc4[nH]ncc4c3)c(C)c(=O)c2c1. The van der Waals surface area contributed by atoms with E-state index < -0.39 is 6.10 Å². The quantitative estimate of drug-likeness (QED) is 0.322. The average molecular weight is 471 g/mol. The molecule has 0 aliphatic heterocycles. The molecule has 0 aliphatic carbocycles. The summed E-state index contributed by atoms with van der Waals surface area (Å²) in [7, 11) is 0. The Balaban J connectivity index is 1.68. The molecule has 0 saturated carbocycles. The maximum absolute atomic E-state index is 13.4. The molecule has 0 spiro atoms. The van der Waals surface area contributed by atoms with Crippen molar-refractivity contribution in [1.29, 1.82) is 5.26 Å². The second kappa shape index (κ2) is 8.32. The number of nitrogens with one attached hydrogen (secondary N) is 1. The first kappa shape index (κ1) is 21.7. The van der Waals surface area contributed by atoms with E-state index in [1.165, 1.54) is 0 Å². The minimum Gasteiger partial charge on any atom is -0.483 e. The molecule has 0 bridgehead atoms. The number of aromatic amines is 1. The predicted octanol–water partition coefficient (Wildman–Crippen LogP) is 6.01. The van der Waals surface area contributed by atoms with Gasteiger partial charge in [0.2, 0.25) is 0 Å². The lowest BCUT2D eigenvalue weighted by molar-refractivity contribution is 0.225. The number of aromatic nitrogens is 3. The zero-order valence-electron chi connectivity index (χ0n) is 18.6. The van der Waals surface area contributed by atoms with Crippen LogP contribution in [0.2, 0.25) is 5.15 Å². The van der Waals surface area contributed by atoms with E-state index in [4.69, 9.17) is 20.8 Å². The van der Waals surface area contributed by atoms with Crippen LogP contribution in [0.15, 0.2) is 57.9 Å². The van der Waals surface area contributed by atoms with E-state index in [0.717, 1.165) is 22.0 Å². The van der Waals surface area contributed by atoms with Crippen LogP contribution in [-0.4, -0.2) is 15.2 Å². The largest absolute Gasteiger partial charge is 0.483 e. The van der Waals surface area contributed by atoms with Crippen molar-refractivity contribution in [3.63, 3.8) is 0 Å². The molecule has 7 nitrogen and oxygen atoms in total. The third-order valence-corrected chi connectivity index (χ3v) is 5.98. The molecule has 0 radical (unpaired) electrons. The zero-order chi connectivity index (χ0) is 24.0. The summed E-state index contributed by atoms with van der Waals surface area (Å²) in [5.74, 6) is 0.790. The van der Waals surface area contributed by atoms with Gasteiger partial charge >= 0.3 is 0 Å². The number of hydrogen-bond donors (Lipinski definition) is 1. The van der Waals surface area contributed by atoms with Gasteiger partial charge in [-0.05, 0) is 68.8 Å². The van der Waals surface area contributed by atoms with Crippen molar-refractivity contribution >= 4 is 33.5 Å². The van der Waals surface area contributed by atoms with E-state index in [-0.39, 0.29) is 16.3 Å². The zero-order valence-corrected chi connectivity index (χ0v) is 19.4. The number of nitriles is 1. The van der Waals surface area contributed by atoms with Gasteiger partial charge in [-0.3, -0.25) is 9.89 Å². The van der Waals surface area contributed by atoms with Crippen LogP contribution in [0.4, 0.5) is 0 Å². The number of aryl methyl sites for hydroxylation is 1. The molecule has 1 N–H and O–H groups in total. The topological polar surface area (TPSA) is 105 Å². The number of H-pyrrole nitrogens is 1. The molecule has 0 fully saturated rings. The summed E-state index contributed by atoms with van der Waals surface area (Å²) in [6, 6.07) is 14.6. The lowest BCUT2D eigenvalue weighted by Gasteiger charge is -2.18. The number of fused-ring (bicyclic) bond motifs is 2. The monoisotopic (exact) mass is 470 g/mol. The number of nitrogens with zero attached hydrogens (tertiary/aromatic N) is 3. The molecule has 34 heavy (non-hydrogen) atoms. The summed E-state index contributed by atoms with van der Waals surface area (Å²) in [6.45, 7) is 5.51. The van der Waals surface area contributed by atoms with Crippen molar-refractivity contribution in [1.82, 2.24) is 15.2 Å². The predicted molar refractivity (Wildman–Crippen MR) is 130 cm³/mol. The van der Waals surface area contributed by atoms with Crippen molar-refractivity contribution in [3.05, 3.63) is 86.4 Å². The Hall–Kier alpha value is -4.15. The van der Waals surface area contributed by atoms with Gasteiger partial charge in [0.1, 0.15) is 28.7 Å². The highest BCUT2D eigenvalue weighted by Crippen LogP contribution is 2.34. The van der Waals surface area contributed by atoms with Crippen LogP contribution in [0, 0.1) is 25.2 Å². The van der Waals surface area contributed by atoms with E-state index >= 15 is 0 Å². The smallest absolute Gasteiger partial charge is 0.196 e. The third-order valence-electron chi connectivity index (χ3n) is 5.77. The van der Waals surface area contributed by atoms with Crippen LogP contribution >= 0.6 is 11.6 Å². The van der Waals surface area contributed by atoms with Crippen LogP contribution in [0.25, 0.3) is 33.2 Å². The van der Waals surface area contributed by atoms with Gasteiger partial charge in [0.15, 0.2) is 16.9 Å². The summed E-state index contributed by atoms with van der Waals surface area (Å²) < 4.78 is 12.5. The summed E-state index contributed by atoms with van der Waals surface area (Å²) in [6.07, 6.45) is 1.19. The standard InChI is InChI=1S/C26H19ClN4O3/c1-13-8-18(15(3)33-22-6-7-23(27)30-21(22)11-28)26-19(9-13)24(32)14(2)25(34-26)16-4-5-20-17(10-16)12-29-31-20/h4-10,12,15H,1-3H3,(H,29,31)/t15-/m1/s1. The highest BCUT2D eigenvalue weighted by atomic mass is 35.5. The Labute approximate surface area is 199 Å². The summed E-state index contributed by atoms with van der Waals surface area (Å²) in [5, 5.41) is 18.0. The van der Waals surface area contributed by atoms with Gasteiger partial charge in [-0.25, -0.2) is 4.98 Å². The van der Waals surface area contributed by atoms with Crippen molar-refractivity contribution < 1.29 is 9.15 Å². The second-order valence-electron chi connectivity index (χ2n) is 8.14. The first-order valence-corrected chi connectivity index (χ1v) is 11.0. The van der Waals surface area contributed by atoms with Gasteiger partial charge in [-0.1, -0.05) is 11.6 Å². The lowest BCUT2D eigenvalue weighted by atomic mass is 9.99. The molecule has 5 rings (SSSR count). The number of ether oxygens (including phenoxy) is 1. The molecular formula is C26H19ClN4O3. The van der Waals surface area contributed by atoms with E-state index in [1.807, 2.05) is 50.2 Å². The lowest BCUT2D eigenvalue weighted by Crippen LogP contribution is -2.11. The van der Waals surface area contributed by atoms with E-state index in [1.54, 1.807) is 25.3 Å². The fourth-order valence-electron chi connectivity index (χ4n) is 4.08.